The molecule has 742 valence electrons. The Kier molecular flexibility index (Phi) is 25.0. The Morgan fingerprint density at radius 3 is 1.18 bits per heavy atom. The predicted octanol–water partition coefficient (Wildman–Crippen LogP) is 28.1. The van der Waals surface area contributed by atoms with Crippen LogP contribution in [0.4, 0.5) is 11.4 Å². The zero-order chi connectivity index (χ0) is 103. The highest BCUT2D eigenvalue weighted by Gasteiger charge is 2.56. The fraction of sp³-hybridized carbons (Fsp3) is 0.389. The number of rotatable bonds is 13. The minimum absolute atomic E-state index is 0.00241. The maximum atomic E-state index is 5.87. The molecular formula is C126H151N12O5+3. The molecule has 8 aromatic heterocycles. The molecule has 143 heavy (non-hydrogen) atoms. The molecule has 5 aliphatic rings. The van der Waals surface area contributed by atoms with Crippen molar-refractivity contribution in [3.05, 3.63) is 290 Å². The van der Waals surface area contributed by atoms with Gasteiger partial charge in [-0.15, -0.1) is 0 Å². The van der Waals surface area contributed by atoms with E-state index < -0.39 is 0 Å². The van der Waals surface area contributed by atoms with E-state index in [2.05, 4.69) is 446 Å². The van der Waals surface area contributed by atoms with Crippen molar-refractivity contribution in [3.63, 3.8) is 0 Å². The third-order valence-electron chi connectivity index (χ3n) is 35.2. The van der Waals surface area contributed by atoms with Crippen LogP contribution in [0.15, 0.2) is 195 Å². The summed E-state index contributed by atoms with van der Waals surface area (Å²) in [5.41, 5.74) is 41.6. The van der Waals surface area contributed by atoms with Crippen LogP contribution < -0.4 is 47.2 Å². The number of benzene rings is 9. The van der Waals surface area contributed by atoms with Gasteiger partial charge in [0, 0.05) is 149 Å². The summed E-state index contributed by atoms with van der Waals surface area (Å²) in [5.74, 6) is 5.87. The van der Waals surface area contributed by atoms with Crippen LogP contribution in [0.2, 0.25) is 0 Å². The Hall–Kier alpha value is -13.4. The van der Waals surface area contributed by atoms with E-state index >= 15 is 0 Å². The molecule has 0 N–H and O–H groups in total. The molecule has 22 rings (SSSR count). The molecule has 0 unspecified atom stereocenters. The number of aromatic nitrogens is 8. The largest absolute Gasteiger partial charge is 0.496 e. The lowest BCUT2D eigenvalue weighted by molar-refractivity contribution is -0.643. The van der Waals surface area contributed by atoms with Crippen molar-refractivity contribution in [2.45, 2.75) is 256 Å². The van der Waals surface area contributed by atoms with Crippen molar-refractivity contribution >= 4 is 93.6 Å². The number of pyridine rings is 5. The summed E-state index contributed by atoms with van der Waals surface area (Å²) >= 11 is 0. The average molecular weight is 1910 g/mol. The predicted molar refractivity (Wildman–Crippen MR) is 594 cm³/mol. The van der Waals surface area contributed by atoms with Gasteiger partial charge in [0.05, 0.1) is 107 Å². The fourth-order valence-electron chi connectivity index (χ4n) is 24.3. The van der Waals surface area contributed by atoms with Crippen LogP contribution in [0.5, 0.6) is 28.7 Å². The number of ether oxygens (including phenoxy) is 5. The van der Waals surface area contributed by atoms with Crippen molar-refractivity contribution in [2.75, 3.05) is 59.4 Å². The molecule has 0 fully saturated rings. The van der Waals surface area contributed by atoms with Gasteiger partial charge in [0.1, 0.15) is 63.8 Å². The lowest BCUT2D eigenvalue weighted by Gasteiger charge is -2.43. The highest BCUT2D eigenvalue weighted by Crippen LogP contribution is 2.59. The van der Waals surface area contributed by atoms with Gasteiger partial charge in [-0.3, -0.25) is 9.97 Å². The second-order valence-corrected chi connectivity index (χ2v) is 45.2. The van der Waals surface area contributed by atoms with Crippen LogP contribution in [0.1, 0.15) is 251 Å². The third-order valence-corrected chi connectivity index (χ3v) is 35.2. The van der Waals surface area contributed by atoms with Gasteiger partial charge in [0.15, 0.2) is 28.5 Å². The Morgan fingerprint density at radius 1 is 0.350 bits per heavy atom. The van der Waals surface area contributed by atoms with Crippen LogP contribution in [0, 0.1) is 55.4 Å². The Bertz CT molecular complexity index is 7850. The van der Waals surface area contributed by atoms with E-state index in [1.54, 1.807) is 35.5 Å². The average Bonchev–Trinajstić information content (AvgIpc) is 1.52. The van der Waals surface area contributed by atoms with Gasteiger partial charge in [-0.2, -0.15) is 13.2 Å². The number of anilines is 2. The molecule has 5 aliphatic heterocycles. The Labute approximate surface area is 848 Å². The third kappa shape index (κ3) is 14.8. The summed E-state index contributed by atoms with van der Waals surface area (Å²) < 4.78 is 43.1. The Morgan fingerprint density at radius 2 is 0.748 bits per heavy atom. The number of methoxy groups -OCH3 is 5. The molecule has 0 radical (unpaired) electrons. The fourth-order valence-corrected chi connectivity index (χ4v) is 24.3. The van der Waals surface area contributed by atoms with Gasteiger partial charge in [0.25, 0.3) is 16.9 Å². The Balaban J connectivity index is 0.000000120. The van der Waals surface area contributed by atoms with Gasteiger partial charge < -0.3 is 43.3 Å². The number of nitrogens with zero attached hydrogens (tertiary/aromatic N) is 12. The van der Waals surface area contributed by atoms with E-state index in [0.717, 1.165) is 56.3 Å². The summed E-state index contributed by atoms with van der Waals surface area (Å²) in [7, 11) is 19.5. The van der Waals surface area contributed by atoms with E-state index in [1.165, 1.54) is 195 Å². The lowest BCUT2D eigenvalue weighted by atomic mass is 9.60. The normalized spacial score (nSPS) is 16.7. The number of fused-ring (bicyclic) bond motifs is 9. The van der Waals surface area contributed by atoms with Crippen LogP contribution in [0.3, 0.4) is 0 Å². The summed E-state index contributed by atoms with van der Waals surface area (Å²) in [6.07, 6.45) is 15.2. The molecule has 9 aromatic carbocycles. The monoisotopic (exact) mass is 1910 g/mol. The van der Waals surface area contributed by atoms with Crippen LogP contribution >= 0.6 is 0 Å². The number of imidazole rings is 3. The van der Waals surface area contributed by atoms with Gasteiger partial charge in [-0.25, -0.2) is 13.7 Å². The maximum absolute atomic E-state index is 5.87. The molecule has 0 saturated heterocycles. The summed E-state index contributed by atoms with van der Waals surface area (Å²) in [5, 5.41) is 8.76. The first kappa shape index (κ1) is 99.7. The molecule has 0 spiro atoms. The SMILES string of the molecule is COc1cc(-c2c(C(C)C)cc(C(C)C)cc2C(C)C)cc(N2C=CN(C)[C@H]2C)c1C.COc1ccc2c3c(C)ccc4c3n3c(c(-c5ccccc5)[n+](C)c3c2c1C)C(C)(C)C4(C)C.COc1cccc(N2C=CN(C)[C@H]2C)c1C.COc1cnc2c3c(C)ccc4c3n3c(c(-c5ccccc5)[n+](C)c3c2c1C)C(C)(C)C4(C)C.COc1cnc2c3c(C)ccc4c3n3c(c[n+](C)c3c2c1C)C(C)(C)C4(C)C. The smallest absolute Gasteiger partial charge is 0.297 e. The molecule has 2 atom stereocenters. The number of hydrogen-bond acceptors (Lipinski definition) is 11. The highest BCUT2D eigenvalue weighted by molar-refractivity contribution is 6.17. The van der Waals surface area contributed by atoms with Gasteiger partial charge in [-0.1, -0.05) is 240 Å². The van der Waals surface area contributed by atoms with Crippen LogP contribution in [-0.4, -0.2) is 94.9 Å². The quantitative estimate of drug-likeness (QED) is 0.0813. The molecule has 0 aliphatic carbocycles. The molecule has 0 amide bonds. The number of hydrogen-bond donors (Lipinski definition) is 0. The number of aryl methyl sites for hydroxylation is 9. The summed E-state index contributed by atoms with van der Waals surface area (Å²) in [6.45, 7) is 64.3. The second-order valence-electron chi connectivity index (χ2n) is 45.2. The molecule has 0 bridgehead atoms. The molecule has 17 nitrogen and oxygen atoms in total. The second kappa shape index (κ2) is 35.9. The zero-order valence-electron chi connectivity index (χ0n) is 92.3. The van der Waals surface area contributed by atoms with Gasteiger partial charge in [0.2, 0.25) is 0 Å². The molecule has 13 heterocycles. The minimum Gasteiger partial charge on any atom is -0.496 e. The lowest BCUT2D eigenvalue weighted by Crippen LogP contribution is -2.44. The zero-order valence-corrected chi connectivity index (χ0v) is 92.3. The molecular weight excluding hydrogens is 1760 g/mol. The van der Waals surface area contributed by atoms with E-state index in [4.69, 9.17) is 33.7 Å². The van der Waals surface area contributed by atoms with E-state index in [-0.39, 0.29) is 38.7 Å². The standard InChI is InChI=1S/C31H33N2O.C30H32N3O.C28H40N2O.C24H28N3O.C13H18N2O/c1-18-14-16-22-27-24(18)21-15-17-23(34-8)19(2)25(21)29-32(7)26(20-12-10-9-11-13-20)28(33(27)29)31(5,6)30(22,3)4;1-17-14-15-20-26-22(17)24-23(18(2)21(34-8)16-31-24)28-32(7)25(19-12-10-9-11-13-19)27(33(26)28)30(5,6)29(20,3)4;1-17(2)22-13-24(18(3)4)28(25(14-22)19(5)6)23-15-26(20(7)27(16-23)31-10)30-12-11-29(9)21(30)8;1-13-9-10-15-21-18(13)20-19(14(2)16(28-8)11-25-20)22-26(7)12-17(27(21)22)24(5,6)23(15,3)4;1-10-12(6-5-7-13(10)16-4)15-9-8-14(3)11(15)2/h9-17H,1-8H3;9-16H,1-8H3;11-19,21H,1-10H3;9-12H,1-8H3;5-9,11H,1-4H3/q2*+1;;+1;/t;;21-;;11-/m..1.1/s1. The first-order valence-electron chi connectivity index (χ1n) is 51.2. The topological polar surface area (TPSA) is 110 Å². The molecule has 0 saturated carbocycles. The van der Waals surface area contributed by atoms with Crippen molar-refractivity contribution < 1.29 is 37.4 Å². The van der Waals surface area contributed by atoms with Crippen LogP contribution in [0.25, 0.3) is 116 Å². The van der Waals surface area contributed by atoms with Crippen molar-refractivity contribution in [2.24, 2.45) is 21.1 Å². The molecule has 17 aromatic rings. The minimum atomic E-state index is -0.120. The van der Waals surface area contributed by atoms with Crippen molar-refractivity contribution in [1.82, 2.24) is 33.0 Å². The van der Waals surface area contributed by atoms with Gasteiger partial charge >= 0.3 is 0 Å². The van der Waals surface area contributed by atoms with E-state index in [1.807, 2.05) is 24.5 Å². The maximum Gasteiger partial charge on any atom is 0.297 e. The first-order valence-corrected chi connectivity index (χ1v) is 51.2. The summed E-state index contributed by atoms with van der Waals surface area (Å²) in [4.78, 5) is 18.9. The van der Waals surface area contributed by atoms with Crippen molar-refractivity contribution in [1.29, 1.82) is 0 Å². The summed E-state index contributed by atoms with van der Waals surface area (Å²) in [6, 6.07) is 55.5. The van der Waals surface area contributed by atoms with E-state index in [0.29, 0.717) is 23.9 Å². The highest BCUT2D eigenvalue weighted by atomic mass is 16.5. The van der Waals surface area contributed by atoms with Gasteiger partial charge in [-0.05, 0) is 168 Å². The van der Waals surface area contributed by atoms with Crippen LogP contribution in [-0.2, 0) is 53.6 Å². The molecule has 17 heteroatoms. The van der Waals surface area contributed by atoms with Crippen molar-refractivity contribution in [3.8, 4) is 62.4 Å². The van der Waals surface area contributed by atoms with E-state index in [9.17, 15) is 0 Å². The first-order chi connectivity index (χ1) is 67.6.